The van der Waals surface area contributed by atoms with Gasteiger partial charge >= 0.3 is 5.97 Å². The lowest BCUT2D eigenvalue weighted by Gasteiger charge is -2.36. The van der Waals surface area contributed by atoms with Crippen LogP contribution < -0.4 is 5.56 Å². The first-order valence-electron chi connectivity index (χ1n) is 7.99. The molecule has 1 aliphatic carbocycles. The molecule has 1 aliphatic rings. The van der Waals surface area contributed by atoms with E-state index in [0.717, 1.165) is 40.4 Å². The Morgan fingerprint density at radius 2 is 2.04 bits per heavy atom. The Labute approximate surface area is 147 Å². The number of pyridine rings is 1. The molecule has 1 fully saturated rings. The van der Waals surface area contributed by atoms with Gasteiger partial charge in [-0.2, -0.15) is 0 Å². The molecule has 0 N–H and O–H groups in total. The van der Waals surface area contributed by atoms with Crippen LogP contribution in [0.4, 0.5) is 0 Å². The highest BCUT2D eigenvalue weighted by Gasteiger charge is 2.32. The number of halogens is 1. The second-order valence-corrected chi connectivity index (χ2v) is 8.04. The summed E-state index contributed by atoms with van der Waals surface area (Å²) < 4.78 is 7.76. The molecule has 0 bridgehead atoms. The quantitative estimate of drug-likeness (QED) is 0.706. The molecule has 0 amide bonds. The van der Waals surface area contributed by atoms with Crippen LogP contribution in [0.2, 0.25) is 0 Å². The summed E-state index contributed by atoms with van der Waals surface area (Å²) >= 11 is 4.86. The summed E-state index contributed by atoms with van der Waals surface area (Å²) in [5, 5.41) is 0.907. The molecule has 3 rings (SSSR count). The number of carbonyl (C=O) groups excluding carboxylic acids is 1. The highest BCUT2D eigenvalue weighted by atomic mass is 79.9. The number of aromatic nitrogens is 1. The van der Waals surface area contributed by atoms with Crippen molar-refractivity contribution >= 4 is 43.5 Å². The number of ether oxygens (including phenoxy) is 1. The molecule has 23 heavy (non-hydrogen) atoms. The largest absolute Gasteiger partial charge is 0.462 e. The Kier molecular flexibility index (Phi) is 4.65. The van der Waals surface area contributed by atoms with Gasteiger partial charge in [0.15, 0.2) is 0 Å². The number of hydrogen-bond donors (Lipinski definition) is 0. The summed E-state index contributed by atoms with van der Waals surface area (Å²) in [6.45, 7) is 4.28. The summed E-state index contributed by atoms with van der Waals surface area (Å²) in [6.07, 6.45) is 5.49. The molecule has 0 spiro atoms. The summed E-state index contributed by atoms with van der Waals surface area (Å²) in [7, 11) is 0. The predicted octanol–water partition coefficient (Wildman–Crippen LogP) is 4.68. The van der Waals surface area contributed by atoms with Crippen LogP contribution in [0.5, 0.6) is 0 Å². The molecule has 0 radical (unpaired) electrons. The first kappa shape index (κ1) is 16.7. The maximum atomic E-state index is 12.6. The van der Waals surface area contributed by atoms with Crippen LogP contribution in [0.1, 0.15) is 55.6 Å². The fraction of sp³-hybridized carbons (Fsp3) is 0.529. The molecule has 0 saturated heterocycles. The van der Waals surface area contributed by atoms with Crippen LogP contribution in [0.25, 0.3) is 10.2 Å². The molecule has 2 aromatic rings. The number of thiophene rings is 1. The molecule has 2 aromatic heterocycles. The number of esters is 1. The van der Waals surface area contributed by atoms with Gasteiger partial charge in [-0.1, -0.05) is 19.3 Å². The van der Waals surface area contributed by atoms with Crippen molar-refractivity contribution in [2.24, 2.45) is 0 Å². The van der Waals surface area contributed by atoms with Crippen molar-refractivity contribution in [3.05, 3.63) is 31.8 Å². The molecule has 2 heterocycles. The van der Waals surface area contributed by atoms with E-state index in [1.807, 2.05) is 4.57 Å². The van der Waals surface area contributed by atoms with E-state index in [4.69, 9.17) is 4.74 Å². The molecule has 124 valence electrons. The second kappa shape index (κ2) is 6.40. The number of fused-ring (bicyclic) bond motifs is 1. The average Bonchev–Trinajstić information content (AvgIpc) is 2.85. The maximum Gasteiger partial charge on any atom is 0.349 e. The zero-order valence-electron chi connectivity index (χ0n) is 13.4. The summed E-state index contributed by atoms with van der Waals surface area (Å²) in [4.78, 5) is 26.1. The first-order valence-corrected chi connectivity index (χ1v) is 9.60. The van der Waals surface area contributed by atoms with E-state index in [-0.39, 0.29) is 17.1 Å². The highest BCUT2D eigenvalue weighted by Crippen LogP contribution is 2.40. The van der Waals surface area contributed by atoms with E-state index in [1.54, 1.807) is 19.1 Å². The van der Waals surface area contributed by atoms with Gasteiger partial charge in [-0.3, -0.25) is 9.36 Å². The topological polar surface area (TPSA) is 48.3 Å². The van der Waals surface area contributed by atoms with E-state index >= 15 is 0 Å². The number of carbonyl (C=O) groups is 1. The average molecular weight is 398 g/mol. The summed E-state index contributed by atoms with van der Waals surface area (Å²) in [5.41, 5.74) is -0.170. The third kappa shape index (κ3) is 2.87. The van der Waals surface area contributed by atoms with Crippen molar-refractivity contribution in [1.29, 1.82) is 0 Å². The Morgan fingerprint density at radius 1 is 1.35 bits per heavy atom. The Hall–Kier alpha value is -1.14. The standard InChI is InChI=1S/C17H20BrNO3S/c1-3-22-16(21)14-13(18)11-7-8-12(20)19(15(11)23-14)17(2)9-5-4-6-10-17/h7-8H,3-6,9-10H2,1-2H3. The Morgan fingerprint density at radius 3 is 2.70 bits per heavy atom. The van der Waals surface area contributed by atoms with Crippen molar-refractivity contribution < 1.29 is 9.53 Å². The fourth-order valence-corrected chi connectivity index (χ4v) is 5.50. The van der Waals surface area contributed by atoms with E-state index in [2.05, 4.69) is 22.9 Å². The van der Waals surface area contributed by atoms with E-state index in [1.165, 1.54) is 17.8 Å². The minimum absolute atomic E-state index is 0.00561. The van der Waals surface area contributed by atoms with Gasteiger partial charge in [0.05, 0.1) is 11.1 Å². The molecule has 6 heteroatoms. The Bertz CT molecular complexity index is 802. The zero-order valence-corrected chi connectivity index (χ0v) is 15.8. The maximum absolute atomic E-state index is 12.6. The predicted molar refractivity (Wildman–Crippen MR) is 96.5 cm³/mol. The van der Waals surface area contributed by atoms with Gasteiger partial charge in [-0.25, -0.2) is 4.79 Å². The van der Waals surface area contributed by atoms with Gasteiger partial charge in [-0.15, -0.1) is 11.3 Å². The van der Waals surface area contributed by atoms with Crippen LogP contribution in [-0.2, 0) is 10.3 Å². The lowest BCUT2D eigenvalue weighted by Crippen LogP contribution is -2.39. The van der Waals surface area contributed by atoms with Crippen molar-refractivity contribution in [3.63, 3.8) is 0 Å². The fourth-order valence-electron chi connectivity index (χ4n) is 3.43. The van der Waals surface area contributed by atoms with Gasteiger partial charge < -0.3 is 4.74 Å². The van der Waals surface area contributed by atoms with Crippen LogP contribution in [0, 0.1) is 0 Å². The monoisotopic (exact) mass is 397 g/mol. The molecule has 4 nitrogen and oxygen atoms in total. The Balaban J connectivity index is 2.22. The normalized spacial score (nSPS) is 17.3. The van der Waals surface area contributed by atoms with Crippen molar-refractivity contribution in [2.45, 2.75) is 51.5 Å². The van der Waals surface area contributed by atoms with Crippen molar-refractivity contribution in [3.8, 4) is 0 Å². The minimum Gasteiger partial charge on any atom is -0.462 e. The minimum atomic E-state index is -0.339. The number of hydrogen-bond acceptors (Lipinski definition) is 4. The number of rotatable bonds is 3. The summed E-state index contributed by atoms with van der Waals surface area (Å²) in [6, 6.07) is 3.40. The molecular formula is C17H20BrNO3S. The third-order valence-corrected chi connectivity index (χ3v) is 6.87. The second-order valence-electron chi connectivity index (χ2n) is 6.25. The lowest BCUT2D eigenvalue weighted by atomic mass is 9.83. The molecule has 0 atom stereocenters. The lowest BCUT2D eigenvalue weighted by molar-refractivity contribution is 0.0531. The van der Waals surface area contributed by atoms with Crippen molar-refractivity contribution in [1.82, 2.24) is 4.57 Å². The van der Waals surface area contributed by atoms with Crippen LogP contribution in [-0.4, -0.2) is 17.1 Å². The molecule has 0 aromatic carbocycles. The zero-order chi connectivity index (χ0) is 16.6. The molecule has 0 aliphatic heterocycles. The summed E-state index contributed by atoms with van der Waals surface area (Å²) in [5.74, 6) is -0.339. The van der Waals surface area contributed by atoms with E-state index < -0.39 is 0 Å². The highest BCUT2D eigenvalue weighted by molar-refractivity contribution is 9.10. The molecule has 1 saturated carbocycles. The van der Waals surface area contributed by atoms with Crippen molar-refractivity contribution in [2.75, 3.05) is 6.61 Å². The number of nitrogens with zero attached hydrogens (tertiary/aromatic N) is 1. The smallest absolute Gasteiger partial charge is 0.349 e. The van der Waals surface area contributed by atoms with Gasteiger partial charge in [0.2, 0.25) is 0 Å². The third-order valence-electron chi connectivity index (χ3n) is 4.61. The van der Waals surface area contributed by atoms with Gasteiger partial charge in [0.25, 0.3) is 5.56 Å². The SMILES string of the molecule is CCOC(=O)c1sc2c(ccc(=O)n2C2(C)CCCCC2)c1Br. The van der Waals surface area contributed by atoms with E-state index in [0.29, 0.717) is 11.5 Å². The van der Waals surface area contributed by atoms with Crippen LogP contribution in [0.15, 0.2) is 21.4 Å². The first-order chi connectivity index (χ1) is 11.0. The van der Waals surface area contributed by atoms with Gasteiger partial charge in [0.1, 0.15) is 9.71 Å². The molecular weight excluding hydrogens is 378 g/mol. The van der Waals surface area contributed by atoms with E-state index in [9.17, 15) is 9.59 Å². The van der Waals surface area contributed by atoms with Gasteiger partial charge in [-0.05, 0) is 48.7 Å². The van der Waals surface area contributed by atoms with Crippen LogP contribution >= 0.6 is 27.3 Å². The molecule has 0 unspecified atom stereocenters. The van der Waals surface area contributed by atoms with Crippen LogP contribution in [0.3, 0.4) is 0 Å². The van der Waals surface area contributed by atoms with Gasteiger partial charge in [0, 0.05) is 17.0 Å².